The summed E-state index contributed by atoms with van der Waals surface area (Å²) in [7, 11) is 0. The van der Waals surface area contributed by atoms with Crippen molar-refractivity contribution in [2.24, 2.45) is 0 Å². The molecule has 0 radical (unpaired) electrons. The molecule has 1 heterocycles. The van der Waals surface area contributed by atoms with Crippen LogP contribution in [0.5, 0.6) is 0 Å². The van der Waals surface area contributed by atoms with Crippen molar-refractivity contribution in [3.05, 3.63) is 48.0 Å². The van der Waals surface area contributed by atoms with Gasteiger partial charge in [0.15, 0.2) is 0 Å². The molecule has 3 rings (SSSR count). The van der Waals surface area contributed by atoms with Crippen molar-refractivity contribution in [3.63, 3.8) is 0 Å². The van der Waals surface area contributed by atoms with Crippen molar-refractivity contribution < 1.29 is 19.8 Å². The molecule has 0 spiro atoms. The summed E-state index contributed by atoms with van der Waals surface area (Å²) in [6.07, 6.45) is 0. The van der Waals surface area contributed by atoms with Gasteiger partial charge < -0.3 is 15.1 Å². The number of carbonyl (C=O) groups is 2. The second kappa shape index (κ2) is 5.38. The van der Waals surface area contributed by atoms with Gasteiger partial charge >= 0.3 is 11.9 Å². The number of para-hydroxylation sites is 1. The van der Waals surface area contributed by atoms with Gasteiger partial charge in [-0.25, -0.2) is 9.59 Å². The van der Waals surface area contributed by atoms with E-state index in [1.54, 1.807) is 24.0 Å². The molecule has 1 aliphatic heterocycles. The van der Waals surface area contributed by atoms with Crippen molar-refractivity contribution in [1.82, 2.24) is 0 Å². The van der Waals surface area contributed by atoms with E-state index in [-0.39, 0.29) is 5.56 Å². The largest absolute Gasteiger partial charge is 0.480 e. The first-order valence-corrected chi connectivity index (χ1v) is 7.47. The van der Waals surface area contributed by atoms with E-state index in [4.69, 9.17) is 0 Å². The number of aliphatic carboxylic acids is 1. The van der Waals surface area contributed by atoms with E-state index < -0.39 is 18.0 Å². The van der Waals surface area contributed by atoms with Gasteiger partial charge in [-0.1, -0.05) is 30.0 Å². The van der Waals surface area contributed by atoms with Crippen LogP contribution in [0.15, 0.2) is 52.3 Å². The SMILES string of the molecule is CC(C(=O)O)N1c2ccccc2Sc2c(C(=O)O)cccc21. The molecule has 1 atom stereocenters. The van der Waals surface area contributed by atoms with Crippen LogP contribution in [0, 0.1) is 0 Å². The molecule has 2 N–H and O–H groups in total. The highest BCUT2D eigenvalue weighted by molar-refractivity contribution is 7.99. The summed E-state index contributed by atoms with van der Waals surface area (Å²) in [6, 6.07) is 11.5. The van der Waals surface area contributed by atoms with Gasteiger partial charge in [0.25, 0.3) is 0 Å². The summed E-state index contributed by atoms with van der Waals surface area (Å²) in [6.45, 7) is 1.59. The third-order valence-corrected chi connectivity index (χ3v) is 4.76. The maximum atomic E-state index is 11.5. The van der Waals surface area contributed by atoms with Crippen LogP contribution >= 0.6 is 11.8 Å². The molecule has 22 heavy (non-hydrogen) atoms. The molecular formula is C16H13NO4S. The Morgan fingerprint density at radius 1 is 1.05 bits per heavy atom. The van der Waals surface area contributed by atoms with Crippen LogP contribution in [0.4, 0.5) is 11.4 Å². The lowest BCUT2D eigenvalue weighted by Gasteiger charge is -2.35. The van der Waals surface area contributed by atoms with Crippen molar-refractivity contribution in [2.45, 2.75) is 22.8 Å². The van der Waals surface area contributed by atoms with Gasteiger partial charge in [0, 0.05) is 4.90 Å². The van der Waals surface area contributed by atoms with Crippen molar-refractivity contribution in [2.75, 3.05) is 4.90 Å². The molecule has 0 fully saturated rings. The zero-order valence-electron chi connectivity index (χ0n) is 11.7. The summed E-state index contributed by atoms with van der Waals surface area (Å²) in [5.74, 6) is -1.99. The van der Waals surface area contributed by atoms with Crippen LogP contribution in [0.25, 0.3) is 0 Å². The minimum Gasteiger partial charge on any atom is -0.480 e. The molecule has 0 saturated heterocycles. The van der Waals surface area contributed by atoms with Crippen molar-refractivity contribution in [3.8, 4) is 0 Å². The second-order valence-corrected chi connectivity index (χ2v) is 5.97. The fraction of sp³-hybridized carbons (Fsp3) is 0.125. The van der Waals surface area contributed by atoms with E-state index in [1.165, 1.54) is 17.8 Å². The number of carboxylic acids is 2. The minimum atomic E-state index is -1.02. The zero-order chi connectivity index (χ0) is 15.9. The van der Waals surface area contributed by atoms with Gasteiger partial charge in [0.2, 0.25) is 0 Å². The number of hydrogen-bond acceptors (Lipinski definition) is 4. The number of benzene rings is 2. The molecule has 0 bridgehead atoms. The summed E-state index contributed by atoms with van der Waals surface area (Å²) in [5.41, 5.74) is 1.57. The zero-order valence-corrected chi connectivity index (χ0v) is 12.5. The Labute approximate surface area is 131 Å². The Hall–Kier alpha value is -2.47. The number of rotatable bonds is 3. The third kappa shape index (κ3) is 2.21. The molecule has 112 valence electrons. The molecule has 2 aromatic carbocycles. The van der Waals surface area contributed by atoms with Crippen LogP contribution in [0.3, 0.4) is 0 Å². The Morgan fingerprint density at radius 2 is 1.73 bits per heavy atom. The van der Waals surface area contributed by atoms with Gasteiger partial charge in [0.1, 0.15) is 6.04 Å². The highest BCUT2D eigenvalue weighted by atomic mass is 32.2. The molecule has 6 heteroatoms. The Bertz CT molecular complexity index is 774. The number of fused-ring (bicyclic) bond motifs is 2. The van der Waals surface area contributed by atoms with E-state index in [1.807, 2.05) is 24.3 Å². The predicted octanol–water partition coefficient (Wildman–Crippen LogP) is 3.46. The quantitative estimate of drug-likeness (QED) is 0.903. The molecule has 0 saturated carbocycles. The van der Waals surface area contributed by atoms with Crippen molar-refractivity contribution in [1.29, 1.82) is 0 Å². The van der Waals surface area contributed by atoms with Gasteiger partial charge in [-0.3, -0.25) is 0 Å². The monoisotopic (exact) mass is 315 g/mol. The van der Waals surface area contributed by atoms with Gasteiger partial charge in [-0.05, 0) is 31.2 Å². The highest BCUT2D eigenvalue weighted by Crippen LogP contribution is 2.50. The molecule has 0 aromatic heterocycles. The molecule has 0 aliphatic carbocycles. The molecule has 1 unspecified atom stereocenters. The van der Waals surface area contributed by atoms with Gasteiger partial charge in [-0.2, -0.15) is 0 Å². The molecule has 0 amide bonds. The van der Waals surface area contributed by atoms with E-state index in [9.17, 15) is 19.8 Å². The van der Waals surface area contributed by atoms with Crippen LogP contribution < -0.4 is 4.90 Å². The highest BCUT2D eigenvalue weighted by Gasteiger charge is 2.32. The minimum absolute atomic E-state index is 0.180. The standard InChI is InChI=1S/C16H13NO4S/c1-9(15(18)19)17-11-6-2-3-8-13(11)22-14-10(16(20)21)5-4-7-12(14)17/h2-9H,1H3,(H,18,19)(H,20,21). The normalized spacial score (nSPS) is 14.0. The lowest BCUT2D eigenvalue weighted by molar-refractivity contribution is -0.138. The maximum absolute atomic E-state index is 11.5. The maximum Gasteiger partial charge on any atom is 0.336 e. The predicted molar refractivity (Wildman–Crippen MR) is 83.2 cm³/mol. The second-order valence-electron chi connectivity index (χ2n) is 4.91. The number of carboxylic acid groups (broad SMARTS) is 2. The molecule has 1 aliphatic rings. The molecule has 5 nitrogen and oxygen atoms in total. The number of hydrogen-bond donors (Lipinski definition) is 2. The lowest BCUT2D eigenvalue weighted by Crippen LogP contribution is -2.37. The Balaban J connectivity index is 2.25. The van der Waals surface area contributed by atoms with E-state index in [0.717, 1.165) is 10.6 Å². The van der Waals surface area contributed by atoms with Crippen LogP contribution in [0.1, 0.15) is 17.3 Å². The van der Waals surface area contributed by atoms with E-state index >= 15 is 0 Å². The Kier molecular flexibility index (Phi) is 3.54. The first kappa shape index (κ1) is 14.5. The van der Waals surface area contributed by atoms with Crippen LogP contribution in [0.2, 0.25) is 0 Å². The smallest absolute Gasteiger partial charge is 0.336 e. The van der Waals surface area contributed by atoms with Crippen molar-refractivity contribution >= 4 is 35.1 Å². The topological polar surface area (TPSA) is 77.8 Å². The lowest BCUT2D eigenvalue weighted by atomic mass is 10.1. The average molecular weight is 315 g/mol. The summed E-state index contributed by atoms with van der Waals surface area (Å²) < 4.78 is 0. The first-order valence-electron chi connectivity index (χ1n) is 6.66. The van der Waals surface area contributed by atoms with Crippen LogP contribution in [-0.4, -0.2) is 28.2 Å². The summed E-state index contributed by atoms with van der Waals surface area (Å²) in [4.78, 5) is 26.0. The molecule has 2 aromatic rings. The van der Waals surface area contributed by atoms with Gasteiger partial charge in [0.05, 0.1) is 21.8 Å². The third-order valence-electron chi connectivity index (χ3n) is 3.57. The summed E-state index contributed by atoms with van der Waals surface area (Å²) in [5, 5.41) is 18.8. The number of anilines is 2. The molecular weight excluding hydrogens is 302 g/mol. The Morgan fingerprint density at radius 3 is 2.41 bits per heavy atom. The number of nitrogens with zero attached hydrogens (tertiary/aromatic N) is 1. The number of aromatic carboxylic acids is 1. The summed E-state index contributed by atoms with van der Waals surface area (Å²) >= 11 is 1.35. The average Bonchev–Trinajstić information content (AvgIpc) is 2.51. The fourth-order valence-corrected chi connectivity index (χ4v) is 3.67. The fourth-order valence-electron chi connectivity index (χ4n) is 2.50. The van der Waals surface area contributed by atoms with E-state index in [2.05, 4.69) is 0 Å². The first-order chi connectivity index (χ1) is 10.5. The van der Waals surface area contributed by atoms with E-state index in [0.29, 0.717) is 10.6 Å². The van der Waals surface area contributed by atoms with Gasteiger partial charge in [-0.15, -0.1) is 0 Å². The van der Waals surface area contributed by atoms with Crippen LogP contribution in [-0.2, 0) is 4.79 Å².